The van der Waals surface area contributed by atoms with Gasteiger partial charge in [0.2, 0.25) is 0 Å². The molecule has 0 aromatic carbocycles. The number of carbonyl (C=O) groups excluding carboxylic acids is 1. The normalized spacial score (nSPS) is 10.4. The SMILES string of the molecule is COCCN(CCN)C(=O)c1ccc(C)o1. The summed E-state index contributed by atoms with van der Waals surface area (Å²) in [6.45, 7) is 3.74. The number of furan rings is 1. The number of hydrogen-bond donors (Lipinski definition) is 1. The molecular weight excluding hydrogens is 208 g/mol. The van der Waals surface area contributed by atoms with E-state index in [0.29, 0.717) is 32.0 Å². The number of amides is 1. The lowest BCUT2D eigenvalue weighted by atomic mass is 10.3. The van der Waals surface area contributed by atoms with Gasteiger partial charge in [0.1, 0.15) is 5.76 Å². The molecule has 5 nitrogen and oxygen atoms in total. The van der Waals surface area contributed by atoms with Crippen LogP contribution in [0.25, 0.3) is 0 Å². The van der Waals surface area contributed by atoms with Gasteiger partial charge in [-0.1, -0.05) is 0 Å². The van der Waals surface area contributed by atoms with Crippen LogP contribution < -0.4 is 5.73 Å². The molecule has 0 saturated heterocycles. The minimum atomic E-state index is -0.143. The smallest absolute Gasteiger partial charge is 0.289 e. The first-order valence-corrected chi connectivity index (χ1v) is 5.23. The van der Waals surface area contributed by atoms with Crippen molar-refractivity contribution < 1.29 is 13.9 Å². The number of nitrogens with two attached hydrogens (primary N) is 1. The quantitative estimate of drug-likeness (QED) is 0.772. The maximum atomic E-state index is 12.0. The summed E-state index contributed by atoms with van der Waals surface area (Å²) in [6, 6.07) is 3.44. The molecule has 0 bridgehead atoms. The molecule has 1 aromatic rings. The molecule has 2 N–H and O–H groups in total. The van der Waals surface area contributed by atoms with Gasteiger partial charge < -0.3 is 19.8 Å². The molecule has 1 rings (SSSR count). The molecule has 0 spiro atoms. The fraction of sp³-hybridized carbons (Fsp3) is 0.545. The number of nitrogens with zero attached hydrogens (tertiary/aromatic N) is 1. The summed E-state index contributed by atoms with van der Waals surface area (Å²) < 4.78 is 10.2. The van der Waals surface area contributed by atoms with Crippen molar-refractivity contribution in [2.75, 3.05) is 33.4 Å². The minimum absolute atomic E-state index is 0.143. The maximum absolute atomic E-state index is 12.0. The fourth-order valence-electron chi connectivity index (χ4n) is 1.38. The van der Waals surface area contributed by atoms with Gasteiger partial charge in [-0.25, -0.2) is 0 Å². The molecule has 90 valence electrons. The molecule has 0 fully saturated rings. The fourth-order valence-corrected chi connectivity index (χ4v) is 1.38. The van der Waals surface area contributed by atoms with Gasteiger partial charge in [0.05, 0.1) is 6.61 Å². The highest BCUT2D eigenvalue weighted by Gasteiger charge is 2.17. The molecule has 1 aromatic heterocycles. The van der Waals surface area contributed by atoms with Gasteiger partial charge >= 0.3 is 0 Å². The Balaban J connectivity index is 2.66. The molecule has 16 heavy (non-hydrogen) atoms. The van der Waals surface area contributed by atoms with Crippen LogP contribution in [0.5, 0.6) is 0 Å². The summed E-state index contributed by atoms with van der Waals surface area (Å²) in [6.07, 6.45) is 0. The third-order valence-electron chi connectivity index (χ3n) is 2.20. The first kappa shape index (κ1) is 12.7. The molecule has 1 heterocycles. The topological polar surface area (TPSA) is 68.7 Å². The van der Waals surface area contributed by atoms with E-state index in [9.17, 15) is 4.79 Å². The molecule has 5 heteroatoms. The van der Waals surface area contributed by atoms with Crippen LogP contribution >= 0.6 is 0 Å². The lowest BCUT2D eigenvalue weighted by Crippen LogP contribution is -2.37. The van der Waals surface area contributed by atoms with Crippen LogP contribution in [0.3, 0.4) is 0 Å². The Labute approximate surface area is 95.2 Å². The summed E-state index contributed by atoms with van der Waals surface area (Å²) in [5.41, 5.74) is 5.46. The number of ether oxygens (including phenoxy) is 1. The maximum Gasteiger partial charge on any atom is 0.289 e. The third-order valence-corrected chi connectivity index (χ3v) is 2.20. The Morgan fingerprint density at radius 1 is 1.50 bits per heavy atom. The van der Waals surface area contributed by atoms with E-state index in [1.165, 1.54) is 0 Å². The zero-order valence-electron chi connectivity index (χ0n) is 9.73. The molecule has 0 atom stereocenters. The number of methoxy groups -OCH3 is 1. The Hall–Kier alpha value is -1.33. The van der Waals surface area contributed by atoms with Crippen LogP contribution in [0.15, 0.2) is 16.5 Å². The highest BCUT2D eigenvalue weighted by atomic mass is 16.5. The predicted molar refractivity (Wildman–Crippen MR) is 60.3 cm³/mol. The standard InChI is InChI=1S/C11H18N2O3/c1-9-3-4-10(16-9)11(14)13(6-5-12)7-8-15-2/h3-4H,5-8,12H2,1-2H3. The van der Waals surface area contributed by atoms with Gasteiger partial charge in [-0.15, -0.1) is 0 Å². The molecule has 0 aliphatic rings. The Morgan fingerprint density at radius 2 is 2.25 bits per heavy atom. The average Bonchev–Trinajstić information content (AvgIpc) is 2.70. The number of carbonyl (C=O) groups is 1. The van der Waals surface area contributed by atoms with E-state index < -0.39 is 0 Å². The molecule has 0 radical (unpaired) electrons. The number of rotatable bonds is 6. The van der Waals surface area contributed by atoms with E-state index in [4.69, 9.17) is 14.9 Å². The van der Waals surface area contributed by atoms with Crippen LogP contribution in [0.1, 0.15) is 16.3 Å². The second-order valence-electron chi connectivity index (χ2n) is 3.48. The minimum Gasteiger partial charge on any atom is -0.456 e. The van der Waals surface area contributed by atoms with Crippen molar-refractivity contribution in [1.29, 1.82) is 0 Å². The Morgan fingerprint density at radius 3 is 2.75 bits per heavy atom. The first-order valence-electron chi connectivity index (χ1n) is 5.23. The Kier molecular flexibility index (Phi) is 5.01. The van der Waals surface area contributed by atoms with Crippen molar-refractivity contribution in [3.8, 4) is 0 Å². The van der Waals surface area contributed by atoms with Gasteiger partial charge in [0.15, 0.2) is 5.76 Å². The number of aryl methyl sites for hydroxylation is 1. The molecular formula is C11H18N2O3. The molecule has 1 amide bonds. The van der Waals surface area contributed by atoms with Crippen molar-refractivity contribution in [1.82, 2.24) is 4.90 Å². The van der Waals surface area contributed by atoms with E-state index in [1.54, 1.807) is 31.1 Å². The second-order valence-corrected chi connectivity index (χ2v) is 3.48. The van der Waals surface area contributed by atoms with Crippen LogP contribution in [0, 0.1) is 6.92 Å². The van der Waals surface area contributed by atoms with Crippen LogP contribution in [0.2, 0.25) is 0 Å². The van der Waals surface area contributed by atoms with Gasteiger partial charge in [-0.3, -0.25) is 4.79 Å². The van der Waals surface area contributed by atoms with Crippen LogP contribution in [-0.4, -0.2) is 44.2 Å². The summed E-state index contributed by atoms with van der Waals surface area (Å²) in [7, 11) is 1.60. The monoisotopic (exact) mass is 226 g/mol. The zero-order valence-corrected chi connectivity index (χ0v) is 9.73. The van der Waals surface area contributed by atoms with E-state index in [-0.39, 0.29) is 5.91 Å². The molecule has 0 aliphatic heterocycles. The lowest BCUT2D eigenvalue weighted by Gasteiger charge is -2.20. The second kappa shape index (κ2) is 6.30. The summed E-state index contributed by atoms with van der Waals surface area (Å²) in [4.78, 5) is 13.6. The highest BCUT2D eigenvalue weighted by Crippen LogP contribution is 2.09. The third kappa shape index (κ3) is 3.36. The van der Waals surface area contributed by atoms with Gasteiger partial charge in [-0.05, 0) is 19.1 Å². The number of hydrogen-bond acceptors (Lipinski definition) is 4. The van der Waals surface area contributed by atoms with Crippen molar-refractivity contribution >= 4 is 5.91 Å². The van der Waals surface area contributed by atoms with Crippen LogP contribution in [-0.2, 0) is 4.74 Å². The largest absolute Gasteiger partial charge is 0.456 e. The van der Waals surface area contributed by atoms with Gasteiger partial charge in [-0.2, -0.15) is 0 Å². The Bertz CT molecular complexity index is 336. The average molecular weight is 226 g/mol. The molecule has 0 saturated carbocycles. The first-order chi connectivity index (χ1) is 7.69. The highest BCUT2D eigenvalue weighted by molar-refractivity contribution is 5.91. The van der Waals surface area contributed by atoms with Crippen molar-refractivity contribution in [3.05, 3.63) is 23.7 Å². The molecule has 0 aliphatic carbocycles. The summed E-state index contributed by atoms with van der Waals surface area (Å²) in [5, 5.41) is 0. The predicted octanol–water partition coefficient (Wildman–Crippen LogP) is 0.635. The van der Waals surface area contributed by atoms with Crippen molar-refractivity contribution in [2.24, 2.45) is 5.73 Å². The van der Waals surface area contributed by atoms with Crippen molar-refractivity contribution in [2.45, 2.75) is 6.92 Å². The van der Waals surface area contributed by atoms with E-state index in [1.807, 2.05) is 0 Å². The molecule has 0 unspecified atom stereocenters. The zero-order chi connectivity index (χ0) is 12.0. The van der Waals surface area contributed by atoms with Gasteiger partial charge in [0.25, 0.3) is 5.91 Å². The van der Waals surface area contributed by atoms with Crippen molar-refractivity contribution in [3.63, 3.8) is 0 Å². The summed E-state index contributed by atoms with van der Waals surface area (Å²) >= 11 is 0. The lowest BCUT2D eigenvalue weighted by molar-refractivity contribution is 0.0669. The van der Waals surface area contributed by atoms with E-state index >= 15 is 0 Å². The van der Waals surface area contributed by atoms with Crippen LogP contribution in [0.4, 0.5) is 0 Å². The van der Waals surface area contributed by atoms with E-state index in [0.717, 1.165) is 5.76 Å². The van der Waals surface area contributed by atoms with Gasteiger partial charge in [0, 0.05) is 26.7 Å². The summed E-state index contributed by atoms with van der Waals surface area (Å²) in [5.74, 6) is 0.931. The van der Waals surface area contributed by atoms with E-state index in [2.05, 4.69) is 0 Å².